The van der Waals surface area contributed by atoms with Crippen molar-refractivity contribution in [1.29, 1.82) is 0 Å². The lowest BCUT2D eigenvalue weighted by Gasteiger charge is -2.27. The van der Waals surface area contributed by atoms with Crippen LogP contribution < -0.4 is 9.47 Å². The van der Waals surface area contributed by atoms with E-state index in [9.17, 15) is 19.8 Å². The number of methoxy groups -OCH3 is 1. The van der Waals surface area contributed by atoms with Gasteiger partial charge in [0.2, 0.25) is 5.78 Å². The number of hydrogen-bond donors (Lipinski definition) is 3. The number of aromatic nitrogens is 1. The second-order valence-electron chi connectivity index (χ2n) is 8.61. The Labute approximate surface area is 217 Å². The number of Topliss-reactive ketones (excluding diaryl/α,β-unsaturated/α-hetero) is 1. The van der Waals surface area contributed by atoms with E-state index in [0.29, 0.717) is 23.5 Å². The number of carbonyl (C=O) groups is 2. The summed E-state index contributed by atoms with van der Waals surface area (Å²) in [7, 11) is 1.61. The number of amides is 1. The molecule has 9 heteroatoms. The van der Waals surface area contributed by atoms with Gasteiger partial charge in [-0.1, -0.05) is 12.1 Å². The molecular formula is C28H26N2O6S. The van der Waals surface area contributed by atoms with Crippen LogP contribution in [0.15, 0.2) is 71.4 Å². The van der Waals surface area contributed by atoms with Crippen molar-refractivity contribution in [2.75, 3.05) is 20.3 Å². The molecule has 3 N–H and O–H groups in total. The van der Waals surface area contributed by atoms with Crippen LogP contribution in [0, 0.1) is 0 Å². The van der Waals surface area contributed by atoms with E-state index in [2.05, 4.69) is 4.98 Å². The van der Waals surface area contributed by atoms with Crippen LogP contribution in [0.2, 0.25) is 0 Å². The Kier molecular flexibility index (Phi) is 6.62. The first kappa shape index (κ1) is 24.5. The number of aliphatic hydroxyl groups is 1. The zero-order chi connectivity index (χ0) is 26.1. The minimum atomic E-state index is -0.846. The van der Waals surface area contributed by atoms with Crippen LogP contribution in [0.5, 0.6) is 17.2 Å². The lowest BCUT2D eigenvalue weighted by Crippen LogP contribution is -2.33. The number of H-pyrrole nitrogens is 1. The number of carbonyl (C=O) groups excluding carboxylic acids is 2. The van der Waals surface area contributed by atoms with Gasteiger partial charge in [0.25, 0.3) is 5.91 Å². The molecule has 37 heavy (non-hydrogen) atoms. The number of ether oxygens (including phenoxy) is 2. The van der Waals surface area contributed by atoms with Gasteiger partial charge in [-0.25, -0.2) is 0 Å². The highest BCUT2D eigenvalue weighted by Crippen LogP contribution is 2.42. The fourth-order valence-electron chi connectivity index (χ4n) is 4.71. The van der Waals surface area contributed by atoms with Crippen molar-refractivity contribution in [1.82, 2.24) is 9.88 Å². The van der Waals surface area contributed by atoms with Gasteiger partial charge in [0.05, 0.1) is 30.2 Å². The molecule has 8 nitrogen and oxygen atoms in total. The highest BCUT2D eigenvalue weighted by Gasteiger charge is 2.44. The Morgan fingerprint density at radius 2 is 2.00 bits per heavy atom. The zero-order valence-electron chi connectivity index (χ0n) is 20.4. The first-order chi connectivity index (χ1) is 17.9. The second kappa shape index (κ2) is 10.0. The van der Waals surface area contributed by atoms with Gasteiger partial charge in [0.15, 0.2) is 17.3 Å². The van der Waals surface area contributed by atoms with E-state index in [0.717, 1.165) is 22.2 Å². The first-order valence-corrected chi connectivity index (χ1v) is 12.7. The summed E-state index contributed by atoms with van der Waals surface area (Å²) >= 11 is 1.24. The van der Waals surface area contributed by atoms with E-state index in [4.69, 9.17) is 9.47 Å². The summed E-state index contributed by atoms with van der Waals surface area (Å²) in [6.07, 6.45) is 2.36. The second-order valence-corrected chi connectivity index (χ2v) is 9.55. The molecule has 4 aromatic rings. The van der Waals surface area contributed by atoms with Crippen molar-refractivity contribution in [3.05, 3.63) is 87.4 Å². The predicted octanol–water partition coefficient (Wildman–Crippen LogP) is 5.16. The predicted molar refractivity (Wildman–Crippen MR) is 141 cm³/mol. The molecule has 0 saturated heterocycles. The quantitative estimate of drug-likeness (QED) is 0.264. The Bertz CT molecular complexity index is 1500. The molecule has 0 aliphatic carbocycles. The Hall–Kier alpha value is -4.24. The smallest absolute Gasteiger partial charge is 0.290 e. The van der Waals surface area contributed by atoms with Crippen LogP contribution in [0.3, 0.4) is 0 Å². The molecule has 3 heterocycles. The molecule has 190 valence electrons. The number of phenols is 1. The van der Waals surface area contributed by atoms with E-state index in [1.165, 1.54) is 22.3 Å². The maximum atomic E-state index is 13.5. The first-order valence-electron chi connectivity index (χ1n) is 11.8. The molecule has 0 bridgehead atoms. The summed E-state index contributed by atoms with van der Waals surface area (Å²) in [5, 5.41) is 23.9. The number of fused-ring (bicyclic) bond motifs is 1. The highest BCUT2D eigenvalue weighted by molar-refractivity contribution is 7.12. The molecule has 1 aliphatic heterocycles. The lowest BCUT2D eigenvalue weighted by molar-refractivity contribution is -0.129. The molecule has 0 unspecified atom stereocenters. The van der Waals surface area contributed by atoms with Crippen LogP contribution >= 0.6 is 11.3 Å². The highest BCUT2D eigenvalue weighted by atomic mass is 32.1. The number of ketones is 1. The van der Waals surface area contributed by atoms with Gasteiger partial charge in [-0.2, -0.15) is 0 Å². The van der Waals surface area contributed by atoms with Gasteiger partial charge < -0.3 is 29.6 Å². The number of aromatic amines is 1. The van der Waals surface area contributed by atoms with E-state index in [-0.39, 0.29) is 23.6 Å². The maximum Gasteiger partial charge on any atom is 0.290 e. The number of aromatic hydroxyl groups is 1. The third kappa shape index (κ3) is 4.42. The molecule has 1 amide bonds. The van der Waals surface area contributed by atoms with Gasteiger partial charge in [-0.05, 0) is 66.2 Å². The molecule has 5 rings (SSSR count). The van der Waals surface area contributed by atoms with Crippen molar-refractivity contribution in [2.24, 2.45) is 0 Å². The van der Waals surface area contributed by atoms with Gasteiger partial charge in [0, 0.05) is 23.6 Å². The third-order valence-corrected chi connectivity index (χ3v) is 7.36. The fourth-order valence-corrected chi connectivity index (χ4v) is 5.39. The summed E-state index contributed by atoms with van der Waals surface area (Å²) in [4.78, 5) is 32.0. The Morgan fingerprint density at radius 3 is 2.73 bits per heavy atom. The average Bonchev–Trinajstić information content (AvgIpc) is 3.63. The lowest BCUT2D eigenvalue weighted by atomic mass is 9.95. The average molecular weight is 519 g/mol. The molecule has 2 aromatic carbocycles. The normalized spacial score (nSPS) is 15.6. The summed E-state index contributed by atoms with van der Waals surface area (Å²) in [6, 6.07) is 13.0. The zero-order valence-corrected chi connectivity index (χ0v) is 21.2. The minimum Gasteiger partial charge on any atom is -0.504 e. The van der Waals surface area contributed by atoms with E-state index in [1.54, 1.807) is 43.7 Å². The third-order valence-electron chi connectivity index (χ3n) is 6.49. The molecule has 1 atom stereocenters. The fraction of sp³-hybridized carbons (Fsp3) is 0.214. The largest absolute Gasteiger partial charge is 0.504 e. The molecular weight excluding hydrogens is 492 g/mol. The Balaban J connectivity index is 1.53. The SMILES string of the molecule is CCOc1cc([C@H]2C(C(=O)c3cccs3)=C(O)C(=O)N2CCc2c[nH]c3ccc(OC)cc23)ccc1O. The molecule has 1 aliphatic rings. The van der Waals surface area contributed by atoms with Crippen molar-refractivity contribution >= 4 is 33.9 Å². The van der Waals surface area contributed by atoms with Gasteiger partial charge >= 0.3 is 0 Å². The number of thiophene rings is 1. The molecule has 2 aromatic heterocycles. The van der Waals surface area contributed by atoms with Crippen LogP contribution in [-0.4, -0.2) is 52.0 Å². The number of hydrogen-bond acceptors (Lipinski definition) is 7. The van der Waals surface area contributed by atoms with Gasteiger partial charge in [-0.15, -0.1) is 11.3 Å². The molecule has 0 radical (unpaired) electrons. The summed E-state index contributed by atoms with van der Waals surface area (Å²) in [5.74, 6) is -0.669. The Morgan fingerprint density at radius 1 is 1.16 bits per heavy atom. The van der Waals surface area contributed by atoms with E-state index >= 15 is 0 Å². The topological polar surface area (TPSA) is 112 Å². The van der Waals surface area contributed by atoms with Crippen molar-refractivity contribution in [3.8, 4) is 17.2 Å². The van der Waals surface area contributed by atoms with E-state index in [1.807, 2.05) is 24.4 Å². The van der Waals surface area contributed by atoms with Gasteiger partial charge in [0.1, 0.15) is 5.75 Å². The molecule has 0 spiro atoms. The van der Waals surface area contributed by atoms with Crippen molar-refractivity contribution in [3.63, 3.8) is 0 Å². The summed E-state index contributed by atoms with van der Waals surface area (Å²) in [6.45, 7) is 2.37. The number of benzene rings is 2. The standard InChI is InChI=1S/C28H26N2O6S/c1-3-36-22-13-16(6-9-21(22)31)25-24(26(32)23-5-4-12-37-23)27(33)28(34)30(25)11-10-17-15-29-20-8-7-18(35-2)14-19(17)20/h4-9,12-15,25,29,31,33H,3,10-11H2,1-2H3/t25-/m0/s1. The van der Waals surface area contributed by atoms with Crippen LogP contribution in [0.1, 0.15) is 33.8 Å². The van der Waals surface area contributed by atoms with Gasteiger partial charge in [-0.3, -0.25) is 9.59 Å². The van der Waals surface area contributed by atoms with Crippen molar-refractivity contribution in [2.45, 2.75) is 19.4 Å². The molecule has 0 saturated carbocycles. The van der Waals surface area contributed by atoms with Crippen LogP contribution in [-0.2, 0) is 11.2 Å². The number of nitrogens with zero attached hydrogens (tertiary/aromatic N) is 1. The maximum absolute atomic E-state index is 13.5. The number of rotatable bonds is 9. The summed E-state index contributed by atoms with van der Waals surface area (Å²) in [5.41, 5.74) is 2.48. The van der Waals surface area contributed by atoms with Crippen molar-refractivity contribution < 1.29 is 29.3 Å². The number of phenolic OH excluding ortho intramolecular Hbond substituents is 1. The van der Waals surface area contributed by atoms with Crippen LogP contribution in [0.25, 0.3) is 10.9 Å². The molecule has 0 fully saturated rings. The monoisotopic (exact) mass is 518 g/mol. The number of nitrogens with one attached hydrogen (secondary N) is 1. The summed E-state index contributed by atoms with van der Waals surface area (Å²) < 4.78 is 10.9. The number of aliphatic hydroxyl groups excluding tert-OH is 1. The van der Waals surface area contributed by atoms with Crippen LogP contribution in [0.4, 0.5) is 0 Å². The van der Waals surface area contributed by atoms with E-state index < -0.39 is 23.5 Å². The minimum absolute atomic E-state index is 0.0150.